The summed E-state index contributed by atoms with van der Waals surface area (Å²) in [6, 6.07) is 15.8. The first-order valence-corrected chi connectivity index (χ1v) is 7.56. The van der Waals surface area contributed by atoms with E-state index in [0.29, 0.717) is 0 Å². The van der Waals surface area contributed by atoms with Crippen molar-refractivity contribution in [2.75, 3.05) is 0 Å². The highest BCUT2D eigenvalue weighted by molar-refractivity contribution is 5.81. The molecule has 2 unspecified atom stereocenters. The summed E-state index contributed by atoms with van der Waals surface area (Å²) in [4.78, 5) is 12.3. The van der Waals surface area contributed by atoms with Crippen LogP contribution < -0.4 is 10.1 Å². The van der Waals surface area contributed by atoms with E-state index in [9.17, 15) is 4.79 Å². The lowest BCUT2D eigenvalue weighted by Crippen LogP contribution is -2.37. The highest BCUT2D eigenvalue weighted by Gasteiger charge is 2.17. The number of hydrogen-bond donors (Lipinski definition) is 1. The monoisotopic (exact) mass is 297 g/mol. The van der Waals surface area contributed by atoms with Gasteiger partial charge in [0.05, 0.1) is 6.04 Å². The summed E-state index contributed by atoms with van der Waals surface area (Å²) in [5.41, 5.74) is 3.33. The van der Waals surface area contributed by atoms with E-state index in [4.69, 9.17) is 4.74 Å². The summed E-state index contributed by atoms with van der Waals surface area (Å²) in [6.45, 7) is 7.77. The first-order chi connectivity index (χ1) is 10.5. The molecule has 0 bridgehead atoms. The van der Waals surface area contributed by atoms with Crippen molar-refractivity contribution in [3.05, 3.63) is 65.2 Å². The summed E-state index contributed by atoms with van der Waals surface area (Å²) >= 11 is 0. The van der Waals surface area contributed by atoms with E-state index in [-0.39, 0.29) is 11.9 Å². The summed E-state index contributed by atoms with van der Waals surface area (Å²) in [5, 5.41) is 2.98. The molecule has 2 atom stereocenters. The van der Waals surface area contributed by atoms with Crippen molar-refractivity contribution in [2.45, 2.75) is 39.8 Å². The van der Waals surface area contributed by atoms with Crippen molar-refractivity contribution >= 4 is 5.91 Å². The van der Waals surface area contributed by atoms with Gasteiger partial charge in [0.15, 0.2) is 6.10 Å². The topological polar surface area (TPSA) is 38.3 Å². The van der Waals surface area contributed by atoms with E-state index in [1.807, 2.05) is 63.2 Å². The molecule has 3 heteroatoms. The quantitative estimate of drug-likeness (QED) is 0.907. The van der Waals surface area contributed by atoms with E-state index in [2.05, 4.69) is 11.4 Å². The number of benzene rings is 2. The maximum atomic E-state index is 12.3. The Hall–Kier alpha value is -2.29. The van der Waals surface area contributed by atoms with E-state index in [1.165, 1.54) is 0 Å². The van der Waals surface area contributed by atoms with Gasteiger partial charge in [-0.3, -0.25) is 4.79 Å². The van der Waals surface area contributed by atoms with Gasteiger partial charge < -0.3 is 10.1 Å². The van der Waals surface area contributed by atoms with Crippen LogP contribution >= 0.6 is 0 Å². The zero-order valence-electron chi connectivity index (χ0n) is 13.6. The van der Waals surface area contributed by atoms with E-state index < -0.39 is 6.10 Å². The van der Waals surface area contributed by atoms with Crippen molar-refractivity contribution in [3.63, 3.8) is 0 Å². The third kappa shape index (κ3) is 4.35. The standard InChI is InChI=1S/C19H23NO2/c1-13-10-14(2)12-18(11-13)22-16(4)19(21)20-15(3)17-8-6-5-7-9-17/h5-12,15-16H,1-4H3,(H,20,21). The zero-order valence-corrected chi connectivity index (χ0v) is 13.6. The minimum absolute atomic E-state index is 0.0426. The van der Waals surface area contributed by atoms with Crippen LogP contribution in [0.1, 0.15) is 36.6 Å². The normalized spacial score (nSPS) is 13.3. The minimum atomic E-state index is -0.535. The van der Waals surface area contributed by atoms with Gasteiger partial charge in [0.25, 0.3) is 5.91 Å². The van der Waals surface area contributed by atoms with Gasteiger partial charge in [0.2, 0.25) is 0 Å². The number of hydrogen-bond acceptors (Lipinski definition) is 2. The SMILES string of the molecule is Cc1cc(C)cc(OC(C)C(=O)NC(C)c2ccccc2)c1. The van der Waals surface area contributed by atoms with Crippen LogP contribution in [0.5, 0.6) is 5.75 Å². The molecule has 2 aromatic rings. The number of nitrogens with one attached hydrogen (secondary N) is 1. The summed E-state index contributed by atoms with van der Waals surface area (Å²) in [5.74, 6) is 0.614. The van der Waals surface area contributed by atoms with Crippen LogP contribution in [-0.2, 0) is 4.79 Å². The first-order valence-electron chi connectivity index (χ1n) is 7.56. The molecule has 0 fully saturated rings. The third-order valence-electron chi connectivity index (χ3n) is 3.54. The van der Waals surface area contributed by atoms with Gasteiger partial charge in [-0.25, -0.2) is 0 Å². The molecule has 116 valence electrons. The zero-order chi connectivity index (χ0) is 16.1. The van der Waals surface area contributed by atoms with E-state index in [0.717, 1.165) is 22.4 Å². The Bertz CT molecular complexity index is 617. The molecule has 0 saturated carbocycles. The van der Waals surface area contributed by atoms with Crippen molar-refractivity contribution in [3.8, 4) is 5.75 Å². The number of aryl methyl sites for hydroxylation is 2. The second kappa shape index (κ2) is 7.12. The average molecular weight is 297 g/mol. The van der Waals surface area contributed by atoms with Crippen LogP contribution in [0.15, 0.2) is 48.5 Å². The molecular formula is C19H23NO2. The van der Waals surface area contributed by atoms with Gasteiger partial charge >= 0.3 is 0 Å². The van der Waals surface area contributed by atoms with Gasteiger partial charge in [-0.05, 0) is 56.5 Å². The maximum absolute atomic E-state index is 12.3. The van der Waals surface area contributed by atoms with Gasteiger partial charge in [-0.1, -0.05) is 36.4 Å². The number of ether oxygens (including phenoxy) is 1. The smallest absolute Gasteiger partial charge is 0.261 e. The van der Waals surface area contributed by atoms with Crippen molar-refractivity contribution in [1.82, 2.24) is 5.32 Å². The number of carbonyl (C=O) groups excluding carboxylic acids is 1. The van der Waals surface area contributed by atoms with Gasteiger partial charge in [0.1, 0.15) is 5.75 Å². The number of rotatable bonds is 5. The Kier molecular flexibility index (Phi) is 5.21. The Morgan fingerprint density at radius 1 is 1.00 bits per heavy atom. The molecule has 0 aliphatic rings. The molecule has 1 N–H and O–H groups in total. The molecule has 0 radical (unpaired) electrons. The molecule has 1 amide bonds. The molecule has 0 aliphatic carbocycles. The van der Waals surface area contributed by atoms with Crippen molar-refractivity contribution < 1.29 is 9.53 Å². The fraction of sp³-hybridized carbons (Fsp3) is 0.316. The van der Waals surface area contributed by atoms with Crippen molar-refractivity contribution in [2.24, 2.45) is 0 Å². The minimum Gasteiger partial charge on any atom is -0.481 e. The number of amides is 1. The Labute approximate surface area is 132 Å². The summed E-state index contributed by atoms with van der Waals surface area (Å²) in [6.07, 6.45) is -0.535. The Morgan fingerprint density at radius 3 is 2.18 bits per heavy atom. The molecule has 0 saturated heterocycles. The van der Waals surface area contributed by atoms with Gasteiger partial charge in [0, 0.05) is 0 Å². The first kappa shape index (κ1) is 16.1. The molecule has 3 nitrogen and oxygen atoms in total. The predicted octanol–water partition coefficient (Wildman–Crippen LogP) is 3.95. The van der Waals surface area contributed by atoms with Crippen LogP contribution in [0, 0.1) is 13.8 Å². The molecule has 2 rings (SSSR count). The molecular weight excluding hydrogens is 274 g/mol. The van der Waals surface area contributed by atoms with Crippen LogP contribution in [0.4, 0.5) is 0 Å². The van der Waals surface area contributed by atoms with Gasteiger partial charge in [-0.15, -0.1) is 0 Å². The summed E-state index contributed by atoms with van der Waals surface area (Å²) in [7, 11) is 0. The number of carbonyl (C=O) groups is 1. The second-order valence-corrected chi connectivity index (χ2v) is 5.72. The maximum Gasteiger partial charge on any atom is 0.261 e. The highest BCUT2D eigenvalue weighted by atomic mass is 16.5. The second-order valence-electron chi connectivity index (χ2n) is 5.72. The van der Waals surface area contributed by atoms with Crippen LogP contribution in [0.25, 0.3) is 0 Å². The van der Waals surface area contributed by atoms with Crippen molar-refractivity contribution in [1.29, 1.82) is 0 Å². The van der Waals surface area contributed by atoms with Crippen LogP contribution in [0.3, 0.4) is 0 Å². The van der Waals surface area contributed by atoms with Crippen LogP contribution in [0.2, 0.25) is 0 Å². The molecule has 2 aromatic carbocycles. The molecule has 22 heavy (non-hydrogen) atoms. The fourth-order valence-corrected chi connectivity index (χ4v) is 2.41. The largest absolute Gasteiger partial charge is 0.481 e. The molecule has 0 aromatic heterocycles. The lowest BCUT2D eigenvalue weighted by molar-refractivity contribution is -0.127. The Balaban J connectivity index is 1.97. The Morgan fingerprint density at radius 2 is 1.59 bits per heavy atom. The molecule has 0 aliphatic heterocycles. The lowest BCUT2D eigenvalue weighted by atomic mass is 10.1. The van der Waals surface area contributed by atoms with Crippen LogP contribution in [-0.4, -0.2) is 12.0 Å². The average Bonchev–Trinajstić information content (AvgIpc) is 2.46. The van der Waals surface area contributed by atoms with Gasteiger partial charge in [-0.2, -0.15) is 0 Å². The fourth-order valence-electron chi connectivity index (χ4n) is 2.41. The predicted molar refractivity (Wildman–Crippen MR) is 89.0 cm³/mol. The molecule has 0 heterocycles. The lowest BCUT2D eigenvalue weighted by Gasteiger charge is -2.19. The molecule has 0 spiro atoms. The highest BCUT2D eigenvalue weighted by Crippen LogP contribution is 2.18. The summed E-state index contributed by atoms with van der Waals surface area (Å²) < 4.78 is 5.76. The van der Waals surface area contributed by atoms with E-state index >= 15 is 0 Å². The third-order valence-corrected chi connectivity index (χ3v) is 3.54. The van der Waals surface area contributed by atoms with E-state index in [1.54, 1.807) is 6.92 Å².